The van der Waals surface area contributed by atoms with Gasteiger partial charge < -0.3 is 10.0 Å². The standard InChI is InChI=1S/C13H18N2O3S/c1-9-10(4-5-13(17)18)19-11(14-9)8-12(16)15-6-2-3-7-15/h2-8H2,1H3,(H,17,18). The minimum atomic E-state index is -0.803. The number of aryl methyl sites for hydroxylation is 2. The van der Waals surface area contributed by atoms with E-state index in [-0.39, 0.29) is 12.3 Å². The molecule has 104 valence electrons. The molecule has 0 radical (unpaired) electrons. The lowest BCUT2D eigenvalue weighted by Gasteiger charge is -2.13. The number of carbonyl (C=O) groups is 2. The van der Waals surface area contributed by atoms with Crippen molar-refractivity contribution in [2.75, 3.05) is 13.1 Å². The Morgan fingerprint density at radius 2 is 2.05 bits per heavy atom. The van der Waals surface area contributed by atoms with E-state index in [9.17, 15) is 9.59 Å². The topological polar surface area (TPSA) is 70.5 Å². The lowest BCUT2D eigenvalue weighted by Crippen LogP contribution is -2.28. The third-order valence-corrected chi connectivity index (χ3v) is 4.48. The van der Waals surface area contributed by atoms with Crippen LogP contribution < -0.4 is 0 Å². The van der Waals surface area contributed by atoms with E-state index in [0.717, 1.165) is 41.5 Å². The molecule has 19 heavy (non-hydrogen) atoms. The van der Waals surface area contributed by atoms with Crippen LogP contribution in [0.3, 0.4) is 0 Å². The number of carbonyl (C=O) groups excluding carboxylic acids is 1. The van der Waals surface area contributed by atoms with E-state index in [2.05, 4.69) is 4.98 Å². The van der Waals surface area contributed by atoms with Crippen molar-refractivity contribution < 1.29 is 14.7 Å². The van der Waals surface area contributed by atoms with Gasteiger partial charge in [-0.05, 0) is 26.2 Å². The maximum atomic E-state index is 12.0. The Balaban J connectivity index is 1.95. The van der Waals surface area contributed by atoms with Crippen molar-refractivity contribution in [1.82, 2.24) is 9.88 Å². The Bertz CT molecular complexity index is 478. The lowest BCUT2D eigenvalue weighted by atomic mass is 10.2. The van der Waals surface area contributed by atoms with Crippen LogP contribution in [0.5, 0.6) is 0 Å². The number of rotatable bonds is 5. The molecule has 0 aliphatic carbocycles. The van der Waals surface area contributed by atoms with Gasteiger partial charge in [0.2, 0.25) is 5.91 Å². The zero-order valence-electron chi connectivity index (χ0n) is 11.0. The van der Waals surface area contributed by atoms with Gasteiger partial charge in [0.15, 0.2) is 0 Å². The number of amides is 1. The van der Waals surface area contributed by atoms with Crippen molar-refractivity contribution in [2.45, 2.75) is 39.0 Å². The molecule has 1 aromatic rings. The minimum Gasteiger partial charge on any atom is -0.481 e. The van der Waals surface area contributed by atoms with Gasteiger partial charge in [-0.15, -0.1) is 11.3 Å². The van der Waals surface area contributed by atoms with Crippen LogP contribution >= 0.6 is 11.3 Å². The van der Waals surface area contributed by atoms with Crippen molar-refractivity contribution in [3.05, 3.63) is 15.6 Å². The summed E-state index contributed by atoms with van der Waals surface area (Å²) < 4.78 is 0. The molecule has 2 heterocycles. The fraction of sp³-hybridized carbons (Fsp3) is 0.615. The van der Waals surface area contributed by atoms with E-state index in [4.69, 9.17) is 5.11 Å². The van der Waals surface area contributed by atoms with Crippen LogP contribution in [0.25, 0.3) is 0 Å². The number of carboxylic acid groups (broad SMARTS) is 1. The van der Waals surface area contributed by atoms with E-state index in [1.54, 1.807) is 0 Å². The smallest absolute Gasteiger partial charge is 0.303 e. The third-order valence-electron chi connectivity index (χ3n) is 3.26. The number of thiazole rings is 1. The van der Waals surface area contributed by atoms with E-state index < -0.39 is 5.97 Å². The number of hydrogen-bond acceptors (Lipinski definition) is 4. The summed E-state index contributed by atoms with van der Waals surface area (Å²) in [5, 5.41) is 9.49. The summed E-state index contributed by atoms with van der Waals surface area (Å²) in [5.41, 5.74) is 0.857. The van der Waals surface area contributed by atoms with Gasteiger partial charge >= 0.3 is 5.97 Å². The van der Waals surface area contributed by atoms with Gasteiger partial charge in [0.25, 0.3) is 0 Å². The average molecular weight is 282 g/mol. The second kappa shape index (κ2) is 6.14. The highest BCUT2D eigenvalue weighted by Gasteiger charge is 2.20. The molecule has 0 spiro atoms. The summed E-state index contributed by atoms with van der Waals surface area (Å²) in [6.45, 7) is 3.58. The Morgan fingerprint density at radius 1 is 1.37 bits per heavy atom. The van der Waals surface area contributed by atoms with Crippen LogP contribution in [0, 0.1) is 6.92 Å². The largest absolute Gasteiger partial charge is 0.481 e. The summed E-state index contributed by atoms with van der Waals surface area (Å²) in [6, 6.07) is 0. The summed E-state index contributed by atoms with van der Waals surface area (Å²) in [5.74, 6) is -0.668. The molecule has 1 aliphatic rings. The normalized spacial score (nSPS) is 14.9. The first-order chi connectivity index (χ1) is 9.06. The van der Waals surface area contributed by atoms with Gasteiger partial charge in [0.05, 0.1) is 18.5 Å². The second-order valence-corrected chi connectivity index (χ2v) is 5.94. The van der Waals surface area contributed by atoms with Gasteiger partial charge in [-0.25, -0.2) is 4.98 Å². The fourth-order valence-corrected chi connectivity index (χ4v) is 3.28. The van der Waals surface area contributed by atoms with Crippen LogP contribution in [0.2, 0.25) is 0 Å². The van der Waals surface area contributed by atoms with Gasteiger partial charge in [-0.1, -0.05) is 0 Å². The Morgan fingerprint density at radius 3 is 2.68 bits per heavy atom. The highest BCUT2D eigenvalue weighted by Crippen LogP contribution is 2.21. The summed E-state index contributed by atoms with van der Waals surface area (Å²) in [4.78, 5) is 29.8. The summed E-state index contributed by atoms with van der Waals surface area (Å²) in [7, 11) is 0. The maximum Gasteiger partial charge on any atom is 0.303 e. The van der Waals surface area contributed by atoms with Crippen molar-refractivity contribution in [3.63, 3.8) is 0 Å². The number of nitrogens with zero attached hydrogens (tertiary/aromatic N) is 2. The van der Waals surface area contributed by atoms with Gasteiger partial charge in [-0.3, -0.25) is 9.59 Å². The van der Waals surface area contributed by atoms with Crippen LogP contribution in [-0.2, 0) is 22.4 Å². The predicted molar refractivity (Wildman–Crippen MR) is 72.3 cm³/mol. The van der Waals surface area contributed by atoms with Crippen molar-refractivity contribution in [1.29, 1.82) is 0 Å². The molecule has 0 unspecified atom stereocenters. The van der Waals surface area contributed by atoms with E-state index >= 15 is 0 Å². The molecule has 6 heteroatoms. The molecule has 1 fully saturated rings. The highest BCUT2D eigenvalue weighted by molar-refractivity contribution is 7.11. The molecular formula is C13H18N2O3S. The number of likely N-dealkylation sites (tertiary alicyclic amines) is 1. The zero-order valence-corrected chi connectivity index (χ0v) is 11.8. The Kier molecular flexibility index (Phi) is 4.52. The van der Waals surface area contributed by atoms with Gasteiger partial charge in [-0.2, -0.15) is 0 Å². The number of hydrogen-bond donors (Lipinski definition) is 1. The summed E-state index contributed by atoms with van der Waals surface area (Å²) in [6.07, 6.45) is 3.14. The highest BCUT2D eigenvalue weighted by atomic mass is 32.1. The minimum absolute atomic E-state index is 0.114. The molecule has 2 rings (SSSR count). The lowest BCUT2D eigenvalue weighted by molar-refractivity contribution is -0.137. The number of aliphatic carboxylic acids is 1. The summed E-state index contributed by atoms with van der Waals surface area (Å²) >= 11 is 1.47. The fourth-order valence-electron chi connectivity index (χ4n) is 2.22. The first kappa shape index (κ1) is 14.0. The van der Waals surface area contributed by atoms with E-state index in [1.165, 1.54) is 11.3 Å². The van der Waals surface area contributed by atoms with E-state index in [0.29, 0.717) is 12.8 Å². The van der Waals surface area contributed by atoms with Crippen molar-refractivity contribution >= 4 is 23.2 Å². The molecule has 1 aromatic heterocycles. The second-order valence-electron chi connectivity index (χ2n) is 4.77. The molecule has 0 saturated carbocycles. The quantitative estimate of drug-likeness (QED) is 0.891. The molecule has 0 aromatic carbocycles. The SMILES string of the molecule is Cc1nc(CC(=O)N2CCCC2)sc1CCC(=O)O. The molecule has 1 saturated heterocycles. The monoisotopic (exact) mass is 282 g/mol. The Labute approximate surface area is 116 Å². The number of carboxylic acids is 1. The van der Waals surface area contributed by atoms with Crippen LogP contribution in [0.15, 0.2) is 0 Å². The maximum absolute atomic E-state index is 12.0. The zero-order chi connectivity index (χ0) is 13.8. The van der Waals surface area contributed by atoms with Crippen LogP contribution in [0.4, 0.5) is 0 Å². The molecule has 0 bridgehead atoms. The number of aromatic nitrogens is 1. The molecule has 1 aliphatic heterocycles. The molecule has 1 N–H and O–H groups in total. The molecule has 0 atom stereocenters. The van der Waals surface area contributed by atoms with Crippen molar-refractivity contribution in [3.8, 4) is 0 Å². The van der Waals surface area contributed by atoms with Crippen molar-refractivity contribution in [2.24, 2.45) is 0 Å². The molecule has 5 nitrogen and oxygen atoms in total. The first-order valence-electron chi connectivity index (χ1n) is 6.51. The van der Waals surface area contributed by atoms with E-state index in [1.807, 2.05) is 11.8 Å². The third kappa shape index (κ3) is 3.76. The molecule has 1 amide bonds. The Hall–Kier alpha value is -1.43. The predicted octanol–water partition coefficient (Wildman–Crippen LogP) is 1.63. The molecular weight excluding hydrogens is 264 g/mol. The van der Waals surface area contributed by atoms with Gasteiger partial charge in [0, 0.05) is 18.0 Å². The first-order valence-corrected chi connectivity index (χ1v) is 7.32. The van der Waals surface area contributed by atoms with Crippen LogP contribution in [0.1, 0.15) is 34.8 Å². The van der Waals surface area contributed by atoms with Crippen LogP contribution in [-0.4, -0.2) is 40.0 Å². The van der Waals surface area contributed by atoms with Gasteiger partial charge in [0.1, 0.15) is 5.01 Å². The average Bonchev–Trinajstić information content (AvgIpc) is 2.96.